The maximum Gasteiger partial charge on any atom is 0.262 e. The number of ether oxygens (including phenoxy) is 4. The highest BCUT2D eigenvalue weighted by molar-refractivity contribution is 5.92. The molecule has 1 amide bonds. The van der Waals surface area contributed by atoms with E-state index in [4.69, 9.17) is 18.9 Å². The molecule has 1 aliphatic heterocycles. The fourth-order valence-corrected chi connectivity index (χ4v) is 3.49. The smallest absolute Gasteiger partial charge is 0.262 e. The standard InChI is InChI=1S/C24H21N3O5/c1-29-19-4-2-3-5-20(19)32-15-24(28)25-17-7-9-23-26-18(14-27(23)13-17)16-6-8-21-22(12-16)31-11-10-30-21/h2-9,12-14H,10-11,15H2,1H3,(H,25,28). The molecule has 0 saturated heterocycles. The molecule has 0 saturated carbocycles. The van der Waals surface area contributed by atoms with E-state index in [9.17, 15) is 4.79 Å². The maximum absolute atomic E-state index is 12.4. The first-order chi connectivity index (χ1) is 15.7. The number of pyridine rings is 1. The molecule has 2 aromatic heterocycles. The van der Waals surface area contributed by atoms with Gasteiger partial charge in [0, 0.05) is 18.0 Å². The summed E-state index contributed by atoms with van der Waals surface area (Å²) in [5.74, 6) is 2.27. The monoisotopic (exact) mass is 431 g/mol. The first-order valence-corrected chi connectivity index (χ1v) is 10.1. The van der Waals surface area contributed by atoms with Crippen molar-refractivity contribution in [1.82, 2.24) is 9.38 Å². The summed E-state index contributed by atoms with van der Waals surface area (Å²) in [4.78, 5) is 17.0. The summed E-state index contributed by atoms with van der Waals surface area (Å²) in [5, 5.41) is 2.84. The molecule has 8 heteroatoms. The molecule has 0 bridgehead atoms. The Morgan fingerprint density at radius 2 is 1.84 bits per heavy atom. The number of para-hydroxylation sites is 2. The van der Waals surface area contributed by atoms with Crippen molar-refractivity contribution < 1.29 is 23.7 Å². The Morgan fingerprint density at radius 1 is 1.03 bits per heavy atom. The number of fused-ring (bicyclic) bond motifs is 2. The van der Waals surface area contributed by atoms with Gasteiger partial charge in [0.25, 0.3) is 5.91 Å². The highest BCUT2D eigenvalue weighted by Gasteiger charge is 2.14. The zero-order valence-corrected chi connectivity index (χ0v) is 17.4. The summed E-state index contributed by atoms with van der Waals surface area (Å²) in [7, 11) is 1.56. The number of imidazole rings is 1. The van der Waals surface area contributed by atoms with Crippen LogP contribution < -0.4 is 24.3 Å². The van der Waals surface area contributed by atoms with Gasteiger partial charge in [-0.1, -0.05) is 12.1 Å². The number of anilines is 1. The van der Waals surface area contributed by atoms with Gasteiger partial charge in [0.15, 0.2) is 29.6 Å². The number of methoxy groups -OCH3 is 1. The minimum absolute atomic E-state index is 0.134. The van der Waals surface area contributed by atoms with E-state index in [-0.39, 0.29) is 12.5 Å². The summed E-state index contributed by atoms with van der Waals surface area (Å²) in [6.45, 7) is 0.954. The Bertz CT molecular complexity index is 1280. The molecule has 0 spiro atoms. The number of hydrogen-bond donors (Lipinski definition) is 1. The first kappa shape index (κ1) is 19.7. The van der Waals surface area contributed by atoms with Gasteiger partial charge in [0.1, 0.15) is 18.9 Å². The van der Waals surface area contributed by atoms with Crippen LogP contribution in [-0.4, -0.2) is 42.2 Å². The van der Waals surface area contributed by atoms with Gasteiger partial charge in [-0.05, 0) is 42.5 Å². The third-order valence-corrected chi connectivity index (χ3v) is 5.00. The van der Waals surface area contributed by atoms with Crippen molar-refractivity contribution in [3.8, 4) is 34.3 Å². The number of nitrogens with one attached hydrogen (secondary N) is 1. The van der Waals surface area contributed by atoms with E-state index in [1.54, 1.807) is 25.3 Å². The Morgan fingerprint density at radius 3 is 2.69 bits per heavy atom. The number of benzene rings is 2. The van der Waals surface area contributed by atoms with Crippen molar-refractivity contribution in [3.05, 3.63) is 67.0 Å². The van der Waals surface area contributed by atoms with Crippen molar-refractivity contribution in [1.29, 1.82) is 0 Å². The predicted molar refractivity (Wildman–Crippen MR) is 119 cm³/mol. The first-order valence-electron chi connectivity index (χ1n) is 10.1. The molecule has 3 heterocycles. The van der Waals surface area contributed by atoms with E-state index in [0.29, 0.717) is 36.1 Å². The lowest BCUT2D eigenvalue weighted by Gasteiger charge is -2.18. The molecule has 8 nitrogen and oxygen atoms in total. The molecule has 0 fully saturated rings. The molecular weight excluding hydrogens is 410 g/mol. The second-order valence-corrected chi connectivity index (χ2v) is 7.16. The minimum Gasteiger partial charge on any atom is -0.493 e. The van der Waals surface area contributed by atoms with Gasteiger partial charge in [0.05, 0.1) is 18.5 Å². The second kappa shape index (κ2) is 8.50. The van der Waals surface area contributed by atoms with Crippen LogP contribution in [0.1, 0.15) is 0 Å². The molecule has 0 aliphatic carbocycles. The van der Waals surface area contributed by atoms with E-state index in [2.05, 4.69) is 10.3 Å². The second-order valence-electron chi connectivity index (χ2n) is 7.16. The fourth-order valence-electron chi connectivity index (χ4n) is 3.49. The molecule has 32 heavy (non-hydrogen) atoms. The Balaban J connectivity index is 1.29. The van der Waals surface area contributed by atoms with Crippen LogP contribution in [0.4, 0.5) is 5.69 Å². The zero-order valence-electron chi connectivity index (χ0n) is 17.4. The van der Waals surface area contributed by atoms with Gasteiger partial charge in [0.2, 0.25) is 0 Å². The SMILES string of the molecule is COc1ccccc1OCC(=O)Nc1ccc2nc(-c3ccc4c(c3)OCCO4)cn2c1. The third kappa shape index (κ3) is 4.02. The quantitative estimate of drug-likeness (QED) is 0.500. The minimum atomic E-state index is -0.276. The topological polar surface area (TPSA) is 83.3 Å². The van der Waals surface area contributed by atoms with Crippen LogP contribution in [0, 0.1) is 0 Å². The van der Waals surface area contributed by atoms with Crippen LogP contribution in [0.3, 0.4) is 0 Å². The van der Waals surface area contributed by atoms with E-state index in [0.717, 1.165) is 22.7 Å². The largest absolute Gasteiger partial charge is 0.493 e. The molecule has 4 aromatic rings. The van der Waals surface area contributed by atoms with Gasteiger partial charge in [-0.3, -0.25) is 4.79 Å². The highest BCUT2D eigenvalue weighted by Crippen LogP contribution is 2.34. The van der Waals surface area contributed by atoms with Crippen molar-refractivity contribution in [2.45, 2.75) is 0 Å². The molecule has 1 N–H and O–H groups in total. The van der Waals surface area contributed by atoms with Gasteiger partial charge < -0.3 is 28.7 Å². The van der Waals surface area contributed by atoms with Crippen LogP contribution in [-0.2, 0) is 4.79 Å². The van der Waals surface area contributed by atoms with Crippen LogP contribution in [0.2, 0.25) is 0 Å². The summed E-state index contributed by atoms with van der Waals surface area (Å²) in [6.07, 6.45) is 3.71. The molecule has 0 unspecified atom stereocenters. The molecule has 162 valence electrons. The average molecular weight is 431 g/mol. The van der Waals surface area contributed by atoms with E-state index >= 15 is 0 Å². The molecule has 2 aromatic carbocycles. The highest BCUT2D eigenvalue weighted by atomic mass is 16.6. The lowest BCUT2D eigenvalue weighted by atomic mass is 10.1. The lowest BCUT2D eigenvalue weighted by Crippen LogP contribution is -2.20. The van der Waals surface area contributed by atoms with Crippen LogP contribution in [0.15, 0.2) is 67.0 Å². The molecule has 0 radical (unpaired) electrons. The van der Waals surface area contributed by atoms with Crippen molar-refractivity contribution in [2.24, 2.45) is 0 Å². The maximum atomic E-state index is 12.4. The molecule has 0 atom stereocenters. The van der Waals surface area contributed by atoms with Crippen LogP contribution in [0.5, 0.6) is 23.0 Å². The molecule has 5 rings (SSSR count). The normalized spacial score (nSPS) is 12.4. The van der Waals surface area contributed by atoms with Crippen LogP contribution in [0.25, 0.3) is 16.9 Å². The number of aromatic nitrogens is 2. The summed E-state index contributed by atoms with van der Waals surface area (Å²) in [6, 6.07) is 16.6. The molecular formula is C24H21N3O5. The number of carbonyl (C=O) groups excluding carboxylic acids is 1. The summed E-state index contributed by atoms with van der Waals surface area (Å²) >= 11 is 0. The van der Waals surface area contributed by atoms with Crippen molar-refractivity contribution in [3.63, 3.8) is 0 Å². The lowest BCUT2D eigenvalue weighted by molar-refractivity contribution is -0.118. The van der Waals surface area contributed by atoms with Crippen molar-refractivity contribution >= 4 is 17.2 Å². The van der Waals surface area contributed by atoms with Gasteiger partial charge in [-0.25, -0.2) is 4.98 Å². The Hall–Kier alpha value is -4.20. The van der Waals surface area contributed by atoms with Gasteiger partial charge in [-0.2, -0.15) is 0 Å². The number of rotatable bonds is 6. The Kier molecular flexibility index (Phi) is 5.25. The number of hydrogen-bond acceptors (Lipinski definition) is 6. The zero-order chi connectivity index (χ0) is 21.9. The van der Waals surface area contributed by atoms with Crippen LogP contribution >= 0.6 is 0 Å². The number of amides is 1. The van der Waals surface area contributed by atoms with E-state index < -0.39 is 0 Å². The third-order valence-electron chi connectivity index (χ3n) is 5.00. The Labute approximate surface area is 184 Å². The predicted octanol–water partition coefficient (Wildman–Crippen LogP) is 3.80. The number of carbonyl (C=O) groups is 1. The van der Waals surface area contributed by atoms with E-state index in [1.165, 1.54) is 0 Å². The average Bonchev–Trinajstić information content (AvgIpc) is 3.26. The fraction of sp³-hybridized carbons (Fsp3) is 0.167. The molecule has 1 aliphatic rings. The van der Waals surface area contributed by atoms with Crippen molar-refractivity contribution in [2.75, 3.05) is 32.2 Å². The number of nitrogens with zero attached hydrogens (tertiary/aromatic N) is 2. The summed E-state index contributed by atoms with van der Waals surface area (Å²) < 4.78 is 23.9. The van der Waals surface area contributed by atoms with Gasteiger partial charge >= 0.3 is 0 Å². The van der Waals surface area contributed by atoms with E-state index in [1.807, 2.05) is 53.2 Å². The van der Waals surface area contributed by atoms with Gasteiger partial charge in [-0.15, -0.1) is 0 Å². The summed E-state index contributed by atoms with van der Waals surface area (Å²) in [5.41, 5.74) is 3.12.